The lowest BCUT2D eigenvalue weighted by atomic mass is 10.1. The van der Waals surface area contributed by atoms with Gasteiger partial charge in [-0.15, -0.1) is 11.6 Å². The maximum atomic E-state index is 11.9. The molecule has 0 atom stereocenters. The number of benzene rings is 1. The first-order chi connectivity index (χ1) is 9.19. The van der Waals surface area contributed by atoms with Crippen LogP contribution >= 0.6 is 11.6 Å². The second-order valence-electron chi connectivity index (χ2n) is 4.16. The Hall–Kier alpha value is -1.94. The molecule has 0 fully saturated rings. The summed E-state index contributed by atoms with van der Waals surface area (Å²) in [5.74, 6) is 0.310. The zero-order valence-electron chi connectivity index (χ0n) is 10.6. The highest BCUT2D eigenvalue weighted by Crippen LogP contribution is 2.07. The molecule has 19 heavy (non-hydrogen) atoms. The van der Waals surface area contributed by atoms with Gasteiger partial charge in [-0.25, -0.2) is 0 Å². The van der Waals surface area contributed by atoms with E-state index in [2.05, 4.69) is 15.3 Å². The van der Waals surface area contributed by atoms with Gasteiger partial charge in [0.05, 0.1) is 24.1 Å². The fourth-order valence-corrected chi connectivity index (χ4v) is 1.71. The number of aryl methyl sites for hydroxylation is 1. The summed E-state index contributed by atoms with van der Waals surface area (Å²) in [4.78, 5) is 20.2. The summed E-state index contributed by atoms with van der Waals surface area (Å²) in [5, 5.41) is 2.80. The fourth-order valence-electron chi connectivity index (χ4n) is 1.53. The lowest BCUT2D eigenvalue weighted by Gasteiger charge is -2.05. The quantitative estimate of drug-likeness (QED) is 0.872. The first-order valence-corrected chi connectivity index (χ1v) is 6.43. The van der Waals surface area contributed by atoms with E-state index in [4.69, 9.17) is 11.6 Å². The van der Waals surface area contributed by atoms with Crippen LogP contribution in [0.4, 0.5) is 0 Å². The SMILES string of the molecule is Cc1cnc(CNC(=O)c2ccc(CCl)cc2)cn1. The highest BCUT2D eigenvalue weighted by atomic mass is 35.5. The molecule has 1 heterocycles. The molecular formula is C14H14ClN3O. The Kier molecular flexibility index (Phi) is 4.47. The standard InChI is InChI=1S/C14H14ClN3O/c1-10-7-17-13(8-16-10)9-18-14(19)12-4-2-11(6-15)3-5-12/h2-5,7-8H,6,9H2,1H3,(H,18,19). The summed E-state index contributed by atoms with van der Waals surface area (Å²) in [5.41, 5.74) is 3.18. The number of halogens is 1. The number of rotatable bonds is 4. The minimum atomic E-state index is -0.136. The van der Waals surface area contributed by atoms with Gasteiger partial charge in [-0.3, -0.25) is 14.8 Å². The van der Waals surface area contributed by atoms with Crippen LogP contribution in [0.25, 0.3) is 0 Å². The highest BCUT2D eigenvalue weighted by molar-refractivity contribution is 6.17. The van der Waals surface area contributed by atoms with Crippen LogP contribution in [0.3, 0.4) is 0 Å². The Balaban J connectivity index is 1.95. The van der Waals surface area contributed by atoms with Gasteiger partial charge < -0.3 is 5.32 Å². The van der Waals surface area contributed by atoms with E-state index in [1.54, 1.807) is 24.5 Å². The topological polar surface area (TPSA) is 54.9 Å². The van der Waals surface area contributed by atoms with E-state index < -0.39 is 0 Å². The molecule has 0 radical (unpaired) electrons. The third-order valence-corrected chi connectivity index (χ3v) is 2.94. The molecular weight excluding hydrogens is 262 g/mol. The molecule has 1 aromatic carbocycles. The van der Waals surface area contributed by atoms with Crippen LogP contribution in [0.5, 0.6) is 0 Å². The molecule has 2 rings (SSSR count). The first kappa shape index (κ1) is 13.5. The van der Waals surface area contributed by atoms with Crippen molar-refractivity contribution in [3.63, 3.8) is 0 Å². The molecule has 2 aromatic rings. The summed E-state index contributed by atoms with van der Waals surface area (Å²) in [7, 11) is 0. The Morgan fingerprint density at radius 2 is 1.95 bits per heavy atom. The zero-order valence-corrected chi connectivity index (χ0v) is 11.3. The number of hydrogen-bond acceptors (Lipinski definition) is 3. The Morgan fingerprint density at radius 1 is 1.21 bits per heavy atom. The van der Waals surface area contributed by atoms with Crippen LogP contribution in [0.15, 0.2) is 36.7 Å². The van der Waals surface area contributed by atoms with Crippen LogP contribution in [0.1, 0.15) is 27.3 Å². The van der Waals surface area contributed by atoms with Crippen molar-refractivity contribution < 1.29 is 4.79 Å². The Labute approximate surface area is 116 Å². The monoisotopic (exact) mass is 275 g/mol. The molecule has 98 valence electrons. The fraction of sp³-hybridized carbons (Fsp3) is 0.214. The third-order valence-electron chi connectivity index (χ3n) is 2.63. The second kappa shape index (κ2) is 6.29. The first-order valence-electron chi connectivity index (χ1n) is 5.89. The number of alkyl halides is 1. The predicted octanol–water partition coefficient (Wildman–Crippen LogP) is 2.45. The largest absolute Gasteiger partial charge is 0.346 e. The lowest BCUT2D eigenvalue weighted by Crippen LogP contribution is -2.23. The van der Waals surface area contributed by atoms with Crippen molar-refractivity contribution in [1.82, 2.24) is 15.3 Å². The van der Waals surface area contributed by atoms with Crippen LogP contribution < -0.4 is 5.32 Å². The van der Waals surface area contributed by atoms with Gasteiger partial charge >= 0.3 is 0 Å². The number of nitrogens with one attached hydrogen (secondary N) is 1. The van der Waals surface area contributed by atoms with E-state index in [-0.39, 0.29) is 5.91 Å². The molecule has 0 aliphatic heterocycles. The molecule has 1 N–H and O–H groups in total. The Bertz CT molecular complexity index is 552. The maximum Gasteiger partial charge on any atom is 0.251 e. The van der Waals surface area contributed by atoms with Gasteiger partial charge in [-0.2, -0.15) is 0 Å². The van der Waals surface area contributed by atoms with Gasteiger partial charge in [0.2, 0.25) is 0 Å². The van der Waals surface area contributed by atoms with Crippen molar-refractivity contribution in [2.24, 2.45) is 0 Å². The lowest BCUT2D eigenvalue weighted by molar-refractivity contribution is 0.0950. The zero-order chi connectivity index (χ0) is 13.7. The molecule has 4 nitrogen and oxygen atoms in total. The average Bonchev–Trinajstić information content (AvgIpc) is 2.46. The van der Waals surface area contributed by atoms with Crippen LogP contribution in [-0.4, -0.2) is 15.9 Å². The molecule has 0 bridgehead atoms. The number of carbonyl (C=O) groups is 1. The maximum absolute atomic E-state index is 11.9. The average molecular weight is 276 g/mol. The summed E-state index contributed by atoms with van der Waals surface area (Å²) in [6.45, 7) is 2.23. The van der Waals surface area contributed by atoms with Crippen LogP contribution in [0, 0.1) is 6.92 Å². The number of aromatic nitrogens is 2. The minimum Gasteiger partial charge on any atom is -0.346 e. The number of carbonyl (C=O) groups excluding carboxylic acids is 1. The molecule has 0 unspecified atom stereocenters. The smallest absolute Gasteiger partial charge is 0.251 e. The summed E-state index contributed by atoms with van der Waals surface area (Å²) in [6.07, 6.45) is 3.34. The molecule has 1 aromatic heterocycles. The van der Waals surface area contributed by atoms with Crippen molar-refractivity contribution in [2.75, 3.05) is 0 Å². The van der Waals surface area contributed by atoms with Gasteiger partial charge in [0, 0.05) is 17.6 Å². The second-order valence-corrected chi connectivity index (χ2v) is 4.43. The Morgan fingerprint density at radius 3 is 2.53 bits per heavy atom. The molecule has 0 aliphatic carbocycles. The molecule has 0 spiro atoms. The van der Waals surface area contributed by atoms with Gasteiger partial charge in [0.1, 0.15) is 0 Å². The van der Waals surface area contributed by atoms with Gasteiger partial charge in [0.15, 0.2) is 0 Å². The van der Waals surface area contributed by atoms with Crippen molar-refractivity contribution in [3.8, 4) is 0 Å². The third kappa shape index (κ3) is 3.76. The van der Waals surface area contributed by atoms with E-state index in [0.29, 0.717) is 18.0 Å². The van der Waals surface area contributed by atoms with E-state index in [1.165, 1.54) is 0 Å². The van der Waals surface area contributed by atoms with E-state index in [9.17, 15) is 4.79 Å². The summed E-state index contributed by atoms with van der Waals surface area (Å²) >= 11 is 5.70. The van der Waals surface area contributed by atoms with E-state index in [0.717, 1.165) is 17.0 Å². The van der Waals surface area contributed by atoms with Crippen molar-refractivity contribution in [2.45, 2.75) is 19.3 Å². The van der Waals surface area contributed by atoms with Crippen molar-refractivity contribution in [3.05, 3.63) is 59.2 Å². The summed E-state index contributed by atoms with van der Waals surface area (Å²) < 4.78 is 0. The van der Waals surface area contributed by atoms with Gasteiger partial charge in [-0.05, 0) is 24.6 Å². The molecule has 0 saturated heterocycles. The van der Waals surface area contributed by atoms with Crippen LogP contribution in [0.2, 0.25) is 0 Å². The van der Waals surface area contributed by atoms with E-state index >= 15 is 0 Å². The predicted molar refractivity (Wildman–Crippen MR) is 73.9 cm³/mol. The normalized spacial score (nSPS) is 10.2. The molecule has 5 heteroatoms. The highest BCUT2D eigenvalue weighted by Gasteiger charge is 2.05. The van der Waals surface area contributed by atoms with Crippen molar-refractivity contribution in [1.29, 1.82) is 0 Å². The van der Waals surface area contributed by atoms with Crippen LogP contribution in [-0.2, 0) is 12.4 Å². The van der Waals surface area contributed by atoms with E-state index in [1.807, 2.05) is 19.1 Å². The summed E-state index contributed by atoms with van der Waals surface area (Å²) in [6, 6.07) is 7.20. The van der Waals surface area contributed by atoms with Crippen molar-refractivity contribution >= 4 is 17.5 Å². The number of hydrogen-bond donors (Lipinski definition) is 1. The molecule has 1 amide bonds. The molecule has 0 aliphatic rings. The number of amides is 1. The number of nitrogens with zero attached hydrogens (tertiary/aromatic N) is 2. The van der Waals surface area contributed by atoms with Gasteiger partial charge in [0.25, 0.3) is 5.91 Å². The minimum absolute atomic E-state index is 0.136. The molecule has 0 saturated carbocycles. The van der Waals surface area contributed by atoms with Gasteiger partial charge in [-0.1, -0.05) is 12.1 Å².